The van der Waals surface area contributed by atoms with Crippen LogP contribution in [-0.4, -0.2) is 34.9 Å². The van der Waals surface area contributed by atoms with Gasteiger partial charge < -0.3 is 19.9 Å². The molecule has 0 aliphatic heterocycles. The standard InChI is InChI=1S/C16H23NO5/c1-15(2,3)22-13(18)16(4,20)11-17-14(19)21-10-12-8-6-5-7-9-12/h5-9,20H,10-11H2,1-4H3,(H,17,19). The van der Waals surface area contributed by atoms with E-state index in [4.69, 9.17) is 9.47 Å². The summed E-state index contributed by atoms with van der Waals surface area (Å²) >= 11 is 0. The van der Waals surface area contributed by atoms with Gasteiger partial charge in [-0.25, -0.2) is 9.59 Å². The highest BCUT2D eigenvalue weighted by Crippen LogP contribution is 2.13. The van der Waals surface area contributed by atoms with Gasteiger partial charge in [-0.3, -0.25) is 0 Å². The topological polar surface area (TPSA) is 84.9 Å². The Labute approximate surface area is 130 Å². The Morgan fingerprint density at radius 1 is 1.14 bits per heavy atom. The molecule has 22 heavy (non-hydrogen) atoms. The molecule has 0 aliphatic rings. The SMILES string of the molecule is CC(C)(C)OC(=O)C(C)(O)CNC(=O)OCc1ccccc1. The molecule has 0 spiro atoms. The largest absolute Gasteiger partial charge is 0.458 e. The van der Waals surface area contributed by atoms with E-state index >= 15 is 0 Å². The lowest BCUT2D eigenvalue weighted by molar-refractivity contribution is -0.174. The van der Waals surface area contributed by atoms with Gasteiger partial charge in [-0.2, -0.15) is 0 Å². The van der Waals surface area contributed by atoms with Crippen molar-refractivity contribution >= 4 is 12.1 Å². The fourth-order valence-electron chi connectivity index (χ4n) is 1.48. The molecule has 1 aromatic carbocycles. The third-order valence-electron chi connectivity index (χ3n) is 2.63. The van der Waals surface area contributed by atoms with Crippen molar-refractivity contribution in [3.8, 4) is 0 Å². The van der Waals surface area contributed by atoms with Crippen LogP contribution in [0, 0.1) is 0 Å². The zero-order chi connectivity index (χ0) is 16.8. The summed E-state index contributed by atoms with van der Waals surface area (Å²) < 4.78 is 10.1. The number of amides is 1. The van der Waals surface area contributed by atoms with Crippen molar-refractivity contribution in [2.45, 2.75) is 45.5 Å². The molecule has 0 saturated heterocycles. The normalized spacial score (nSPS) is 13.9. The van der Waals surface area contributed by atoms with Gasteiger partial charge in [0.05, 0.1) is 6.54 Å². The second-order valence-electron chi connectivity index (χ2n) is 6.19. The monoisotopic (exact) mass is 309 g/mol. The van der Waals surface area contributed by atoms with Crippen molar-refractivity contribution < 1.29 is 24.2 Å². The molecule has 0 fully saturated rings. The zero-order valence-corrected chi connectivity index (χ0v) is 13.4. The van der Waals surface area contributed by atoms with E-state index in [0.29, 0.717) is 0 Å². The molecule has 1 rings (SSSR count). The van der Waals surface area contributed by atoms with Crippen molar-refractivity contribution in [1.29, 1.82) is 0 Å². The molecular weight excluding hydrogens is 286 g/mol. The molecule has 6 heteroatoms. The number of ether oxygens (including phenoxy) is 2. The Morgan fingerprint density at radius 2 is 1.73 bits per heavy atom. The van der Waals surface area contributed by atoms with Crippen LogP contribution >= 0.6 is 0 Å². The van der Waals surface area contributed by atoms with Crippen LogP contribution in [0.2, 0.25) is 0 Å². The van der Waals surface area contributed by atoms with Gasteiger partial charge in [0.2, 0.25) is 0 Å². The highest BCUT2D eigenvalue weighted by atomic mass is 16.6. The number of carbonyl (C=O) groups excluding carboxylic acids is 2. The molecule has 122 valence electrons. The number of hydrogen-bond acceptors (Lipinski definition) is 5. The number of hydrogen-bond donors (Lipinski definition) is 2. The molecule has 1 unspecified atom stereocenters. The maximum Gasteiger partial charge on any atom is 0.407 e. The Kier molecular flexibility index (Phi) is 5.93. The molecule has 2 N–H and O–H groups in total. The van der Waals surface area contributed by atoms with Crippen molar-refractivity contribution in [2.24, 2.45) is 0 Å². The van der Waals surface area contributed by atoms with Crippen LogP contribution in [0.15, 0.2) is 30.3 Å². The summed E-state index contributed by atoms with van der Waals surface area (Å²) in [6.45, 7) is 6.18. The molecule has 0 radical (unpaired) electrons. The van der Waals surface area contributed by atoms with Gasteiger partial charge in [-0.1, -0.05) is 30.3 Å². The Morgan fingerprint density at radius 3 is 2.27 bits per heavy atom. The average Bonchev–Trinajstić information content (AvgIpc) is 2.42. The molecule has 0 heterocycles. The lowest BCUT2D eigenvalue weighted by Gasteiger charge is -2.27. The van der Waals surface area contributed by atoms with Crippen LogP contribution in [0.25, 0.3) is 0 Å². The first kappa shape index (κ1) is 18.0. The first-order valence-corrected chi connectivity index (χ1v) is 7.00. The van der Waals surface area contributed by atoms with Crippen molar-refractivity contribution in [2.75, 3.05) is 6.54 Å². The second-order valence-corrected chi connectivity index (χ2v) is 6.19. The number of alkyl carbamates (subject to hydrolysis) is 1. The van der Waals surface area contributed by atoms with Crippen LogP contribution in [0.1, 0.15) is 33.3 Å². The predicted octanol–water partition coefficient (Wildman–Crippen LogP) is 2.01. The second kappa shape index (κ2) is 7.26. The molecule has 1 amide bonds. The smallest absolute Gasteiger partial charge is 0.407 e. The van der Waals surface area contributed by atoms with E-state index in [-0.39, 0.29) is 13.2 Å². The number of benzene rings is 1. The van der Waals surface area contributed by atoms with Crippen LogP contribution in [0.4, 0.5) is 4.79 Å². The fraction of sp³-hybridized carbons (Fsp3) is 0.500. The lowest BCUT2D eigenvalue weighted by Crippen LogP contribution is -2.49. The quantitative estimate of drug-likeness (QED) is 0.813. The van der Waals surface area contributed by atoms with Gasteiger partial charge in [0.25, 0.3) is 0 Å². The minimum Gasteiger partial charge on any atom is -0.458 e. The van der Waals surface area contributed by atoms with E-state index in [1.54, 1.807) is 20.8 Å². The van der Waals surface area contributed by atoms with E-state index in [1.807, 2.05) is 30.3 Å². The first-order chi connectivity index (χ1) is 10.1. The van der Waals surface area contributed by atoms with E-state index in [1.165, 1.54) is 6.92 Å². The average molecular weight is 309 g/mol. The number of aliphatic hydroxyl groups is 1. The van der Waals surface area contributed by atoms with E-state index < -0.39 is 23.3 Å². The summed E-state index contributed by atoms with van der Waals surface area (Å²) in [6, 6.07) is 9.18. The highest BCUT2D eigenvalue weighted by molar-refractivity contribution is 5.80. The van der Waals surface area contributed by atoms with Gasteiger partial charge >= 0.3 is 12.1 Å². The Balaban J connectivity index is 2.40. The van der Waals surface area contributed by atoms with E-state index in [9.17, 15) is 14.7 Å². The van der Waals surface area contributed by atoms with Gasteiger partial charge in [0.15, 0.2) is 5.60 Å². The number of nitrogens with one attached hydrogen (secondary N) is 1. The van der Waals surface area contributed by atoms with Crippen molar-refractivity contribution in [3.05, 3.63) is 35.9 Å². The number of esters is 1. The predicted molar refractivity (Wildman–Crippen MR) is 81.1 cm³/mol. The van der Waals surface area contributed by atoms with Crippen LogP contribution in [-0.2, 0) is 20.9 Å². The lowest BCUT2D eigenvalue weighted by atomic mass is 10.1. The first-order valence-electron chi connectivity index (χ1n) is 7.00. The fourth-order valence-corrected chi connectivity index (χ4v) is 1.48. The minimum atomic E-state index is -1.82. The summed E-state index contributed by atoms with van der Waals surface area (Å²) in [5.41, 5.74) is -1.69. The zero-order valence-electron chi connectivity index (χ0n) is 13.4. The van der Waals surface area contributed by atoms with E-state index in [0.717, 1.165) is 5.56 Å². The van der Waals surface area contributed by atoms with Crippen molar-refractivity contribution in [3.63, 3.8) is 0 Å². The van der Waals surface area contributed by atoms with Gasteiger partial charge in [-0.15, -0.1) is 0 Å². The van der Waals surface area contributed by atoms with Crippen LogP contribution < -0.4 is 5.32 Å². The molecule has 1 aromatic rings. The molecule has 0 aliphatic carbocycles. The third-order valence-corrected chi connectivity index (χ3v) is 2.63. The number of rotatable bonds is 5. The van der Waals surface area contributed by atoms with E-state index in [2.05, 4.69) is 5.32 Å². The molecule has 1 atom stereocenters. The summed E-state index contributed by atoms with van der Waals surface area (Å²) in [6.07, 6.45) is -0.715. The third kappa shape index (κ3) is 6.58. The molecule has 0 bridgehead atoms. The molecule has 0 aromatic heterocycles. The Hall–Kier alpha value is -2.08. The summed E-state index contributed by atoms with van der Waals surface area (Å²) in [7, 11) is 0. The summed E-state index contributed by atoms with van der Waals surface area (Å²) in [5, 5.41) is 12.4. The van der Waals surface area contributed by atoms with Gasteiger partial charge in [-0.05, 0) is 33.3 Å². The minimum absolute atomic E-state index is 0.112. The van der Waals surface area contributed by atoms with Crippen LogP contribution in [0.5, 0.6) is 0 Å². The van der Waals surface area contributed by atoms with Gasteiger partial charge in [0, 0.05) is 0 Å². The number of carbonyl (C=O) groups is 2. The summed E-state index contributed by atoms with van der Waals surface area (Å²) in [5.74, 6) is -0.802. The maximum atomic E-state index is 11.8. The highest BCUT2D eigenvalue weighted by Gasteiger charge is 2.35. The molecule has 6 nitrogen and oxygen atoms in total. The molecular formula is C16H23NO5. The van der Waals surface area contributed by atoms with Crippen molar-refractivity contribution in [1.82, 2.24) is 5.32 Å². The van der Waals surface area contributed by atoms with Gasteiger partial charge in [0.1, 0.15) is 12.2 Å². The van der Waals surface area contributed by atoms with Crippen LogP contribution in [0.3, 0.4) is 0 Å². The maximum absolute atomic E-state index is 11.8. The molecule has 0 saturated carbocycles. The Bertz CT molecular complexity index is 505. The summed E-state index contributed by atoms with van der Waals surface area (Å²) in [4.78, 5) is 23.4.